The highest BCUT2D eigenvalue weighted by Gasteiger charge is 2.20. The van der Waals surface area contributed by atoms with Crippen LogP contribution in [0, 0.1) is 0 Å². The lowest BCUT2D eigenvalue weighted by molar-refractivity contribution is 0.184. The molecule has 2 aliphatic rings. The highest BCUT2D eigenvalue weighted by molar-refractivity contribution is 5.74. The molecule has 17 heavy (non-hydrogen) atoms. The van der Waals surface area contributed by atoms with Gasteiger partial charge in [-0.2, -0.15) is 0 Å². The Labute approximate surface area is 104 Å². The van der Waals surface area contributed by atoms with E-state index in [4.69, 9.17) is 0 Å². The van der Waals surface area contributed by atoms with Crippen molar-refractivity contribution in [1.82, 2.24) is 15.5 Å². The number of carbonyl (C=O) groups is 1. The van der Waals surface area contributed by atoms with Gasteiger partial charge in [-0.05, 0) is 39.0 Å². The Bertz CT molecular complexity index is 251. The van der Waals surface area contributed by atoms with Crippen molar-refractivity contribution >= 4 is 6.03 Å². The van der Waals surface area contributed by atoms with Crippen molar-refractivity contribution in [3.05, 3.63) is 0 Å². The Kier molecular flexibility index (Phi) is 4.66. The Balaban J connectivity index is 1.68. The third-order valence-corrected chi connectivity index (χ3v) is 3.85. The van der Waals surface area contributed by atoms with Crippen LogP contribution in [0.1, 0.15) is 45.4 Å². The predicted molar refractivity (Wildman–Crippen MR) is 69.1 cm³/mol. The van der Waals surface area contributed by atoms with Gasteiger partial charge in [0.05, 0.1) is 0 Å². The molecule has 4 heteroatoms. The maximum Gasteiger partial charge on any atom is 0.317 e. The van der Waals surface area contributed by atoms with Crippen LogP contribution in [0.3, 0.4) is 0 Å². The molecule has 0 aliphatic carbocycles. The lowest BCUT2D eigenvalue weighted by Gasteiger charge is -2.31. The summed E-state index contributed by atoms with van der Waals surface area (Å²) in [6, 6.07) is 1.19. The molecule has 2 aliphatic heterocycles. The fraction of sp³-hybridized carbons (Fsp3) is 0.923. The second-order valence-electron chi connectivity index (χ2n) is 5.43. The van der Waals surface area contributed by atoms with Crippen molar-refractivity contribution in [1.29, 1.82) is 0 Å². The smallest absolute Gasteiger partial charge is 0.317 e. The van der Waals surface area contributed by atoms with Crippen molar-refractivity contribution in [3.8, 4) is 0 Å². The number of rotatable bonds is 2. The number of urea groups is 1. The molecule has 0 aromatic rings. The summed E-state index contributed by atoms with van der Waals surface area (Å²) >= 11 is 0. The first kappa shape index (κ1) is 12.7. The first-order chi connectivity index (χ1) is 8.25. The minimum atomic E-state index is 0.129. The Morgan fingerprint density at radius 1 is 1.24 bits per heavy atom. The van der Waals surface area contributed by atoms with Crippen molar-refractivity contribution in [3.63, 3.8) is 0 Å². The summed E-state index contributed by atoms with van der Waals surface area (Å²) in [7, 11) is 0. The van der Waals surface area contributed by atoms with Crippen LogP contribution in [0.4, 0.5) is 4.79 Å². The van der Waals surface area contributed by atoms with Gasteiger partial charge in [0.15, 0.2) is 0 Å². The summed E-state index contributed by atoms with van der Waals surface area (Å²) in [5.41, 5.74) is 0. The minimum absolute atomic E-state index is 0.129. The average molecular weight is 239 g/mol. The lowest BCUT2D eigenvalue weighted by Crippen LogP contribution is -2.50. The second-order valence-corrected chi connectivity index (χ2v) is 5.43. The summed E-state index contributed by atoms with van der Waals surface area (Å²) in [5, 5.41) is 6.61. The number of nitrogens with zero attached hydrogens (tertiary/aromatic N) is 1. The van der Waals surface area contributed by atoms with Gasteiger partial charge < -0.3 is 15.5 Å². The number of likely N-dealkylation sites (tertiary alicyclic amines) is 1. The molecule has 2 N–H and O–H groups in total. The molecule has 0 aromatic carbocycles. The van der Waals surface area contributed by atoms with Gasteiger partial charge in [-0.25, -0.2) is 4.79 Å². The van der Waals surface area contributed by atoms with E-state index in [0.717, 1.165) is 32.5 Å². The van der Waals surface area contributed by atoms with Crippen LogP contribution in [0.5, 0.6) is 0 Å². The van der Waals surface area contributed by atoms with E-state index in [0.29, 0.717) is 12.1 Å². The molecule has 4 nitrogen and oxygen atoms in total. The molecule has 2 unspecified atom stereocenters. The van der Waals surface area contributed by atoms with Crippen molar-refractivity contribution in [2.45, 2.75) is 57.5 Å². The fourth-order valence-corrected chi connectivity index (χ4v) is 2.82. The van der Waals surface area contributed by atoms with E-state index in [2.05, 4.69) is 17.6 Å². The molecule has 0 aromatic heterocycles. The van der Waals surface area contributed by atoms with Gasteiger partial charge in [0.1, 0.15) is 0 Å². The Morgan fingerprint density at radius 2 is 2.00 bits per heavy atom. The van der Waals surface area contributed by atoms with Gasteiger partial charge in [0, 0.05) is 31.7 Å². The molecular formula is C13H25N3O. The van der Waals surface area contributed by atoms with Gasteiger partial charge in [0.25, 0.3) is 0 Å². The summed E-state index contributed by atoms with van der Waals surface area (Å²) in [6.45, 7) is 4.86. The van der Waals surface area contributed by atoms with Crippen LogP contribution < -0.4 is 10.6 Å². The van der Waals surface area contributed by atoms with Crippen LogP contribution >= 0.6 is 0 Å². The van der Waals surface area contributed by atoms with Crippen molar-refractivity contribution in [2.24, 2.45) is 0 Å². The van der Waals surface area contributed by atoms with Crippen molar-refractivity contribution in [2.75, 3.05) is 19.6 Å². The van der Waals surface area contributed by atoms with E-state index in [-0.39, 0.29) is 6.03 Å². The number of piperidine rings is 2. The fourth-order valence-electron chi connectivity index (χ4n) is 2.82. The van der Waals surface area contributed by atoms with E-state index in [1.54, 1.807) is 0 Å². The Morgan fingerprint density at radius 3 is 2.71 bits per heavy atom. The third kappa shape index (κ3) is 3.87. The summed E-state index contributed by atoms with van der Waals surface area (Å²) < 4.78 is 0. The monoisotopic (exact) mass is 239 g/mol. The van der Waals surface area contributed by atoms with Crippen LogP contribution in [0.15, 0.2) is 0 Å². The maximum atomic E-state index is 11.9. The third-order valence-electron chi connectivity index (χ3n) is 3.85. The average Bonchev–Trinajstić information content (AvgIpc) is 2.37. The molecule has 0 spiro atoms. The molecule has 98 valence electrons. The largest absolute Gasteiger partial charge is 0.336 e. The van der Waals surface area contributed by atoms with E-state index >= 15 is 0 Å². The van der Waals surface area contributed by atoms with Crippen LogP contribution in [-0.4, -0.2) is 42.6 Å². The van der Waals surface area contributed by atoms with E-state index < -0.39 is 0 Å². The standard InChI is InChI=1S/C13H25N3O/c1-11-6-5-7-12(15-11)10-14-13(17)16-8-3-2-4-9-16/h11-12,15H,2-10H2,1H3,(H,14,17). The van der Waals surface area contributed by atoms with Gasteiger partial charge in [-0.3, -0.25) is 0 Å². The molecular weight excluding hydrogens is 214 g/mol. The van der Waals surface area contributed by atoms with Gasteiger partial charge in [-0.15, -0.1) is 0 Å². The minimum Gasteiger partial charge on any atom is -0.336 e. The first-order valence-electron chi connectivity index (χ1n) is 7.04. The molecule has 2 fully saturated rings. The van der Waals surface area contributed by atoms with Crippen molar-refractivity contribution < 1.29 is 4.79 Å². The Hall–Kier alpha value is -0.770. The second kappa shape index (κ2) is 6.24. The van der Waals surface area contributed by atoms with E-state index in [1.165, 1.54) is 25.7 Å². The molecule has 0 bridgehead atoms. The number of carbonyl (C=O) groups excluding carboxylic acids is 1. The van der Waals surface area contributed by atoms with E-state index in [1.807, 2.05) is 4.90 Å². The van der Waals surface area contributed by atoms with Gasteiger partial charge in [0.2, 0.25) is 0 Å². The molecule has 0 radical (unpaired) electrons. The lowest BCUT2D eigenvalue weighted by atomic mass is 10.00. The van der Waals surface area contributed by atoms with Crippen LogP contribution in [-0.2, 0) is 0 Å². The number of nitrogens with one attached hydrogen (secondary N) is 2. The molecule has 2 saturated heterocycles. The number of hydrogen-bond donors (Lipinski definition) is 2. The molecule has 2 rings (SSSR count). The zero-order valence-corrected chi connectivity index (χ0v) is 10.9. The van der Waals surface area contributed by atoms with E-state index in [9.17, 15) is 4.79 Å². The zero-order valence-electron chi connectivity index (χ0n) is 10.9. The predicted octanol–water partition coefficient (Wildman–Crippen LogP) is 1.71. The van der Waals surface area contributed by atoms with Crippen LogP contribution in [0.25, 0.3) is 0 Å². The maximum absolute atomic E-state index is 11.9. The quantitative estimate of drug-likeness (QED) is 0.770. The molecule has 0 saturated carbocycles. The number of hydrogen-bond acceptors (Lipinski definition) is 2. The summed E-state index contributed by atoms with van der Waals surface area (Å²) in [5.74, 6) is 0. The highest BCUT2D eigenvalue weighted by atomic mass is 16.2. The van der Waals surface area contributed by atoms with Crippen LogP contribution in [0.2, 0.25) is 0 Å². The topological polar surface area (TPSA) is 44.4 Å². The first-order valence-corrected chi connectivity index (χ1v) is 7.04. The number of amides is 2. The molecule has 2 heterocycles. The van der Waals surface area contributed by atoms with Gasteiger partial charge >= 0.3 is 6.03 Å². The molecule has 2 atom stereocenters. The normalized spacial score (nSPS) is 30.1. The molecule has 2 amide bonds. The zero-order chi connectivity index (χ0) is 12.1. The summed E-state index contributed by atoms with van der Waals surface area (Å²) in [4.78, 5) is 13.9. The summed E-state index contributed by atoms with van der Waals surface area (Å²) in [6.07, 6.45) is 7.31. The highest BCUT2D eigenvalue weighted by Crippen LogP contribution is 2.12. The SMILES string of the molecule is CC1CCCC(CNC(=O)N2CCCCC2)N1. The van der Waals surface area contributed by atoms with Gasteiger partial charge in [-0.1, -0.05) is 6.42 Å².